The quantitative estimate of drug-likeness (QED) is 0.204. The summed E-state index contributed by atoms with van der Waals surface area (Å²) < 4.78 is 2.40. The Hall–Kier alpha value is -4.88. The maximum absolute atomic E-state index is 2.40. The third-order valence-corrected chi connectivity index (χ3v) is 8.76. The number of fused-ring (bicyclic) bond motifs is 3. The third kappa shape index (κ3) is 4.52. The minimum atomic E-state index is 0.254. The fourth-order valence-electron chi connectivity index (χ4n) is 6.50. The predicted molar refractivity (Wildman–Crippen MR) is 180 cm³/mol. The van der Waals surface area contributed by atoms with E-state index in [-0.39, 0.29) is 5.92 Å². The van der Waals surface area contributed by atoms with Crippen LogP contribution in [0.4, 0.5) is 0 Å². The van der Waals surface area contributed by atoms with Gasteiger partial charge in [0.15, 0.2) is 0 Å². The molecule has 1 atom stereocenters. The van der Waals surface area contributed by atoms with Crippen molar-refractivity contribution in [3.05, 3.63) is 161 Å². The zero-order chi connectivity index (χ0) is 28.8. The van der Waals surface area contributed by atoms with Crippen molar-refractivity contribution in [1.82, 2.24) is 4.57 Å². The van der Waals surface area contributed by atoms with Crippen molar-refractivity contribution in [2.75, 3.05) is 0 Å². The van der Waals surface area contributed by atoms with Gasteiger partial charge in [-0.3, -0.25) is 0 Å². The predicted octanol–water partition coefficient (Wildman–Crippen LogP) is 11.2. The van der Waals surface area contributed by atoms with Crippen molar-refractivity contribution in [3.8, 4) is 27.9 Å². The molecule has 0 spiro atoms. The van der Waals surface area contributed by atoms with Crippen LogP contribution in [-0.4, -0.2) is 4.57 Å². The molecule has 0 amide bonds. The van der Waals surface area contributed by atoms with E-state index >= 15 is 0 Å². The Morgan fingerprint density at radius 1 is 0.500 bits per heavy atom. The minimum Gasteiger partial charge on any atom is -0.309 e. The van der Waals surface area contributed by atoms with Crippen LogP contribution in [0.15, 0.2) is 133 Å². The lowest BCUT2D eigenvalue weighted by Gasteiger charge is -2.20. The summed E-state index contributed by atoms with van der Waals surface area (Å²) in [5.41, 5.74) is 15.3. The van der Waals surface area contributed by atoms with Gasteiger partial charge in [0.1, 0.15) is 0 Å². The second kappa shape index (κ2) is 10.5. The summed E-state index contributed by atoms with van der Waals surface area (Å²) in [6, 6.07) is 49.2. The van der Waals surface area contributed by atoms with Crippen LogP contribution in [0.5, 0.6) is 0 Å². The summed E-state index contributed by atoms with van der Waals surface area (Å²) in [5, 5.41) is 2.59. The van der Waals surface area contributed by atoms with Gasteiger partial charge in [0.05, 0.1) is 11.0 Å². The molecule has 0 aliphatic carbocycles. The Bertz CT molecular complexity index is 2090. The van der Waals surface area contributed by atoms with Crippen LogP contribution in [0.25, 0.3) is 49.7 Å². The van der Waals surface area contributed by atoms with Crippen LogP contribution >= 0.6 is 0 Å². The highest BCUT2D eigenvalue weighted by Crippen LogP contribution is 2.37. The number of hydrogen-bond donors (Lipinski definition) is 0. The summed E-state index contributed by atoms with van der Waals surface area (Å²) >= 11 is 0. The molecule has 42 heavy (non-hydrogen) atoms. The first-order valence-electron chi connectivity index (χ1n) is 14.8. The number of rotatable bonds is 5. The van der Waals surface area contributed by atoms with Crippen LogP contribution in [0.3, 0.4) is 0 Å². The van der Waals surface area contributed by atoms with Gasteiger partial charge in [0.25, 0.3) is 0 Å². The maximum atomic E-state index is 2.40. The summed E-state index contributed by atoms with van der Waals surface area (Å²) in [5.74, 6) is 0.254. The van der Waals surface area contributed by atoms with Gasteiger partial charge >= 0.3 is 0 Å². The van der Waals surface area contributed by atoms with E-state index in [0.717, 1.165) is 0 Å². The molecule has 6 aromatic carbocycles. The zero-order valence-electron chi connectivity index (χ0n) is 24.7. The molecule has 1 heterocycles. The molecule has 0 saturated heterocycles. The fourth-order valence-corrected chi connectivity index (χ4v) is 6.50. The van der Waals surface area contributed by atoms with Crippen molar-refractivity contribution >= 4 is 21.8 Å². The fraction of sp³-hybridized carbons (Fsp3) is 0.122. The first-order valence-corrected chi connectivity index (χ1v) is 14.8. The molecule has 1 aromatic heterocycles. The van der Waals surface area contributed by atoms with E-state index in [1.54, 1.807) is 0 Å². The highest BCUT2D eigenvalue weighted by Gasteiger charge is 2.17. The van der Waals surface area contributed by atoms with Gasteiger partial charge < -0.3 is 4.57 Å². The number of nitrogens with zero attached hydrogens (tertiary/aromatic N) is 1. The third-order valence-electron chi connectivity index (χ3n) is 8.76. The van der Waals surface area contributed by atoms with Crippen LogP contribution in [0, 0.1) is 20.8 Å². The normalized spacial score (nSPS) is 12.2. The van der Waals surface area contributed by atoms with E-state index < -0.39 is 0 Å². The maximum Gasteiger partial charge on any atom is 0.0541 e. The molecule has 0 aliphatic rings. The van der Waals surface area contributed by atoms with Crippen molar-refractivity contribution in [1.29, 1.82) is 0 Å². The van der Waals surface area contributed by atoms with Gasteiger partial charge in [-0.05, 0) is 90.0 Å². The molecule has 0 radical (unpaired) electrons. The number of aryl methyl sites for hydroxylation is 3. The number of aromatic nitrogens is 1. The second-order valence-corrected chi connectivity index (χ2v) is 11.7. The Kier molecular flexibility index (Phi) is 6.52. The van der Waals surface area contributed by atoms with Gasteiger partial charge in [-0.2, -0.15) is 0 Å². The van der Waals surface area contributed by atoms with Crippen molar-refractivity contribution in [2.24, 2.45) is 0 Å². The minimum absolute atomic E-state index is 0.254. The van der Waals surface area contributed by atoms with E-state index in [9.17, 15) is 0 Å². The van der Waals surface area contributed by atoms with E-state index in [1.165, 1.54) is 77.6 Å². The Balaban J connectivity index is 1.31. The topological polar surface area (TPSA) is 4.93 Å². The molecule has 0 aliphatic heterocycles. The number of hydrogen-bond acceptors (Lipinski definition) is 0. The van der Waals surface area contributed by atoms with Crippen molar-refractivity contribution < 1.29 is 0 Å². The van der Waals surface area contributed by atoms with Crippen molar-refractivity contribution in [2.45, 2.75) is 33.6 Å². The van der Waals surface area contributed by atoms with Gasteiger partial charge in [0.2, 0.25) is 0 Å². The number of para-hydroxylation sites is 1. The standard InChI is InChI=1S/C41H35N/c1-27-19-21-29(3)38(23-27)36-16-6-5-15-35(36)30(4)31-11-9-12-32(25-31)33-13-10-14-34(26-33)42-40-18-8-7-17-37(40)39-24-28(2)20-22-41(39)42/h5-26,30H,1-4H3. The Labute approximate surface area is 248 Å². The summed E-state index contributed by atoms with van der Waals surface area (Å²) in [6.45, 7) is 8.88. The van der Waals surface area contributed by atoms with E-state index in [1.807, 2.05) is 0 Å². The average Bonchev–Trinajstić information content (AvgIpc) is 3.35. The summed E-state index contributed by atoms with van der Waals surface area (Å²) in [4.78, 5) is 0. The SMILES string of the molecule is Cc1ccc(C)c(-c2ccccc2C(C)c2cccc(-c3cccc(-n4c5ccccc5c5cc(C)ccc54)c3)c2)c1. The van der Waals surface area contributed by atoms with Crippen LogP contribution in [-0.2, 0) is 0 Å². The summed E-state index contributed by atoms with van der Waals surface area (Å²) in [7, 11) is 0. The smallest absolute Gasteiger partial charge is 0.0541 e. The largest absolute Gasteiger partial charge is 0.309 e. The molecule has 1 unspecified atom stereocenters. The van der Waals surface area contributed by atoms with Crippen molar-refractivity contribution in [3.63, 3.8) is 0 Å². The molecular formula is C41H35N. The molecule has 0 fully saturated rings. The molecule has 1 heteroatoms. The molecule has 7 aromatic rings. The molecular weight excluding hydrogens is 506 g/mol. The molecule has 0 N–H and O–H groups in total. The van der Waals surface area contributed by atoms with Gasteiger partial charge in [-0.25, -0.2) is 0 Å². The number of benzene rings is 6. The summed E-state index contributed by atoms with van der Waals surface area (Å²) in [6.07, 6.45) is 0. The highest BCUT2D eigenvalue weighted by molar-refractivity contribution is 6.09. The lowest BCUT2D eigenvalue weighted by molar-refractivity contribution is 0.925. The molecule has 0 saturated carbocycles. The molecule has 7 rings (SSSR count). The second-order valence-electron chi connectivity index (χ2n) is 11.7. The van der Waals surface area contributed by atoms with Gasteiger partial charge in [0, 0.05) is 22.4 Å². The lowest BCUT2D eigenvalue weighted by atomic mass is 9.85. The lowest BCUT2D eigenvalue weighted by Crippen LogP contribution is -2.00. The van der Waals surface area contributed by atoms with E-state index in [0.29, 0.717) is 0 Å². The molecule has 1 nitrogen and oxygen atoms in total. The van der Waals surface area contributed by atoms with Crippen LogP contribution in [0.1, 0.15) is 40.7 Å². The monoisotopic (exact) mass is 541 g/mol. The van der Waals surface area contributed by atoms with E-state index in [2.05, 4.69) is 166 Å². The Morgan fingerprint density at radius 3 is 2.07 bits per heavy atom. The van der Waals surface area contributed by atoms with Crippen LogP contribution < -0.4 is 0 Å². The highest BCUT2D eigenvalue weighted by atomic mass is 15.0. The molecule has 0 bridgehead atoms. The van der Waals surface area contributed by atoms with Gasteiger partial charge in [-0.15, -0.1) is 0 Å². The molecule has 204 valence electrons. The Morgan fingerprint density at radius 2 is 1.19 bits per heavy atom. The van der Waals surface area contributed by atoms with Crippen LogP contribution in [0.2, 0.25) is 0 Å². The first kappa shape index (κ1) is 26.0. The van der Waals surface area contributed by atoms with Gasteiger partial charge in [-0.1, -0.05) is 121 Å². The zero-order valence-corrected chi connectivity index (χ0v) is 24.7. The average molecular weight is 542 g/mol. The first-order chi connectivity index (χ1) is 20.5. The van der Waals surface area contributed by atoms with E-state index in [4.69, 9.17) is 0 Å².